The number of hydrogen-bond donors (Lipinski definition) is 0. The fourth-order valence-corrected chi connectivity index (χ4v) is 3.82. The number of carbonyl (C=O) groups excluding carboxylic acids is 1. The van der Waals surface area contributed by atoms with Crippen molar-refractivity contribution in [3.05, 3.63) is 76.5 Å². The van der Waals surface area contributed by atoms with Crippen LogP contribution in [-0.4, -0.2) is 28.0 Å². The number of nitrogens with zero attached hydrogens (tertiary/aromatic N) is 5. The predicted octanol–water partition coefficient (Wildman–Crippen LogP) is 2.83. The summed E-state index contributed by atoms with van der Waals surface area (Å²) in [5, 5.41) is 16.3. The van der Waals surface area contributed by atoms with Crippen LogP contribution < -0.4 is 14.7 Å². The quantitative estimate of drug-likeness (QED) is 0.233. The van der Waals surface area contributed by atoms with E-state index in [-0.39, 0.29) is 17.5 Å². The highest BCUT2D eigenvalue weighted by atomic mass is 79.9. The van der Waals surface area contributed by atoms with Crippen molar-refractivity contribution in [1.29, 1.82) is 0 Å². The molecule has 0 bridgehead atoms. The molecule has 156 valence electrons. The van der Waals surface area contributed by atoms with Gasteiger partial charge in [0.15, 0.2) is 17.5 Å². The highest BCUT2D eigenvalue weighted by Gasteiger charge is 2.31. The zero-order valence-corrected chi connectivity index (χ0v) is 18.7. The Hall–Kier alpha value is -3.24. The van der Waals surface area contributed by atoms with Gasteiger partial charge in [0.25, 0.3) is 12.1 Å². The molecule has 0 aliphatic carbocycles. The SMILES string of the molecule is C[n+]1cc(/N=C(\[O-])CSC2=N/C(=C/c3ccc(Br)cc3)C(=O)N2c2ccccc2)on1. The molecule has 2 aromatic carbocycles. The van der Waals surface area contributed by atoms with Crippen molar-refractivity contribution in [2.45, 2.75) is 0 Å². The molecule has 1 aliphatic rings. The summed E-state index contributed by atoms with van der Waals surface area (Å²) in [6, 6.07) is 16.7. The number of carbonyl (C=O) groups is 1. The van der Waals surface area contributed by atoms with Gasteiger partial charge in [0.1, 0.15) is 5.70 Å². The Balaban J connectivity index is 1.60. The Morgan fingerprint density at radius 1 is 1.26 bits per heavy atom. The van der Waals surface area contributed by atoms with E-state index in [1.807, 2.05) is 54.6 Å². The molecule has 2 heterocycles. The van der Waals surface area contributed by atoms with Crippen molar-refractivity contribution >= 4 is 62.3 Å². The van der Waals surface area contributed by atoms with E-state index in [1.54, 1.807) is 13.1 Å². The lowest BCUT2D eigenvalue weighted by atomic mass is 10.2. The smallest absolute Gasteiger partial charge is 0.320 e. The van der Waals surface area contributed by atoms with Gasteiger partial charge in [0, 0.05) is 10.2 Å². The fraction of sp³-hybridized carbons (Fsp3) is 0.0952. The molecule has 1 aliphatic heterocycles. The highest BCUT2D eigenvalue weighted by Crippen LogP contribution is 2.29. The van der Waals surface area contributed by atoms with Crippen molar-refractivity contribution < 1.29 is 19.1 Å². The first kappa shape index (κ1) is 21.0. The number of hydrogen-bond acceptors (Lipinski definition) is 7. The topological polar surface area (TPSA) is 98.0 Å². The van der Waals surface area contributed by atoms with E-state index >= 15 is 0 Å². The molecule has 31 heavy (non-hydrogen) atoms. The van der Waals surface area contributed by atoms with Crippen LogP contribution >= 0.6 is 27.7 Å². The summed E-state index contributed by atoms with van der Waals surface area (Å²) in [4.78, 5) is 23.0. The number of aryl methyl sites for hydroxylation is 1. The van der Waals surface area contributed by atoms with Gasteiger partial charge >= 0.3 is 5.88 Å². The normalized spacial score (nSPS) is 15.6. The van der Waals surface area contributed by atoms with Crippen LogP contribution in [0.2, 0.25) is 0 Å². The van der Waals surface area contributed by atoms with Crippen molar-refractivity contribution in [3.63, 3.8) is 0 Å². The van der Waals surface area contributed by atoms with E-state index in [0.29, 0.717) is 16.6 Å². The van der Waals surface area contributed by atoms with Crippen LogP contribution in [0.15, 0.2) is 85.5 Å². The molecular formula is C21H16BrN5O3S. The highest BCUT2D eigenvalue weighted by molar-refractivity contribution is 9.10. The molecule has 0 unspecified atom stereocenters. The van der Waals surface area contributed by atoms with Crippen LogP contribution in [0.5, 0.6) is 0 Å². The first-order chi connectivity index (χ1) is 15.0. The third-order valence-electron chi connectivity index (χ3n) is 4.14. The molecule has 0 saturated heterocycles. The molecule has 4 rings (SSSR count). The number of aliphatic imine (C=N–C) groups is 2. The molecule has 0 N–H and O–H groups in total. The number of rotatable bonds is 5. The van der Waals surface area contributed by atoms with E-state index in [2.05, 4.69) is 31.2 Å². The Bertz CT molecular complexity index is 1190. The Labute approximate surface area is 190 Å². The predicted molar refractivity (Wildman–Crippen MR) is 121 cm³/mol. The lowest BCUT2D eigenvalue weighted by Crippen LogP contribution is -2.31. The first-order valence-corrected chi connectivity index (χ1v) is 10.9. The standard InChI is InChI=1S/C21H16BrN5O3S/c1-26-12-19(30-25-26)24-18(28)13-31-21-23-17(11-14-7-9-15(22)10-8-14)20(29)27(21)16-5-3-2-4-6-16/h2-12H,13H2,1H3/b17-11+. The van der Waals surface area contributed by atoms with Crippen LogP contribution in [0.1, 0.15) is 5.56 Å². The van der Waals surface area contributed by atoms with Gasteiger partial charge in [-0.2, -0.15) is 0 Å². The number of benzene rings is 2. The number of halogens is 1. The van der Waals surface area contributed by atoms with Gasteiger partial charge in [0.05, 0.1) is 5.69 Å². The summed E-state index contributed by atoms with van der Waals surface area (Å²) in [5.41, 5.74) is 1.81. The average molecular weight is 498 g/mol. The second-order valence-electron chi connectivity index (χ2n) is 6.46. The molecule has 1 amide bonds. The van der Waals surface area contributed by atoms with E-state index < -0.39 is 5.90 Å². The number of amides is 1. The minimum Gasteiger partial charge on any atom is -0.861 e. The number of thioether (sulfide) groups is 1. The molecule has 10 heteroatoms. The maximum absolute atomic E-state index is 13.1. The first-order valence-electron chi connectivity index (χ1n) is 9.15. The molecule has 1 aromatic heterocycles. The van der Waals surface area contributed by atoms with Gasteiger partial charge in [-0.05, 0) is 41.8 Å². The summed E-state index contributed by atoms with van der Waals surface area (Å²) < 4.78 is 7.27. The largest absolute Gasteiger partial charge is 0.861 e. The molecule has 0 atom stereocenters. The van der Waals surface area contributed by atoms with Gasteiger partial charge < -0.3 is 5.11 Å². The molecule has 8 nitrogen and oxygen atoms in total. The van der Waals surface area contributed by atoms with Crippen molar-refractivity contribution in [2.75, 3.05) is 10.7 Å². The summed E-state index contributed by atoms with van der Waals surface area (Å²) in [5.74, 6) is -0.572. The Morgan fingerprint density at radius 2 is 2.00 bits per heavy atom. The van der Waals surface area contributed by atoms with Crippen LogP contribution in [-0.2, 0) is 11.8 Å². The average Bonchev–Trinajstić information content (AvgIpc) is 3.31. The summed E-state index contributed by atoms with van der Waals surface area (Å²) >= 11 is 4.54. The van der Waals surface area contributed by atoms with Crippen molar-refractivity contribution in [2.24, 2.45) is 17.0 Å². The van der Waals surface area contributed by atoms with Gasteiger partial charge in [-0.1, -0.05) is 62.7 Å². The molecule has 0 fully saturated rings. The molecule has 3 aromatic rings. The minimum absolute atomic E-state index is 0.00851. The van der Waals surface area contributed by atoms with Gasteiger partial charge in [0.2, 0.25) is 0 Å². The summed E-state index contributed by atoms with van der Waals surface area (Å²) in [7, 11) is 1.66. The second kappa shape index (κ2) is 9.27. The number of amidine groups is 1. The van der Waals surface area contributed by atoms with Gasteiger partial charge in [-0.25, -0.2) is 9.98 Å². The van der Waals surface area contributed by atoms with Crippen molar-refractivity contribution in [3.8, 4) is 0 Å². The number of para-hydroxylation sites is 1. The van der Waals surface area contributed by atoms with Crippen molar-refractivity contribution in [1.82, 2.24) is 5.27 Å². The lowest BCUT2D eigenvalue weighted by Gasteiger charge is -2.18. The third kappa shape index (κ3) is 5.09. The Morgan fingerprint density at radius 3 is 2.68 bits per heavy atom. The van der Waals surface area contributed by atoms with Gasteiger partial charge in [-0.15, -0.1) is 0 Å². The molecule has 0 radical (unpaired) electrons. The monoisotopic (exact) mass is 497 g/mol. The zero-order valence-electron chi connectivity index (χ0n) is 16.3. The van der Waals surface area contributed by atoms with Crippen LogP contribution in [0.3, 0.4) is 0 Å². The van der Waals surface area contributed by atoms with E-state index in [0.717, 1.165) is 21.8 Å². The zero-order chi connectivity index (χ0) is 21.8. The lowest BCUT2D eigenvalue weighted by molar-refractivity contribution is -0.739. The Kier molecular flexibility index (Phi) is 6.28. The van der Waals surface area contributed by atoms with E-state index in [9.17, 15) is 9.90 Å². The number of aromatic nitrogens is 2. The number of anilines is 1. The van der Waals surface area contributed by atoms with Crippen LogP contribution in [0.25, 0.3) is 6.08 Å². The molecular weight excluding hydrogens is 482 g/mol. The second-order valence-corrected chi connectivity index (χ2v) is 8.32. The maximum atomic E-state index is 13.1. The molecule has 0 spiro atoms. The summed E-state index contributed by atoms with van der Waals surface area (Å²) in [6.07, 6.45) is 3.22. The fourth-order valence-electron chi connectivity index (χ4n) is 2.76. The maximum Gasteiger partial charge on any atom is 0.320 e. The minimum atomic E-state index is -0.421. The van der Waals surface area contributed by atoms with Crippen LogP contribution in [0.4, 0.5) is 11.6 Å². The van der Waals surface area contributed by atoms with E-state index in [1.165, 1.54) is 15.8 Å². The summed E-state index contributed by atoms with van der Waals surface area (Å²) in [6.45, 7) is 0. The van der Waals surface area contributed by atoms with E-state index in [4.69, 9.17) is 4.52 Å². The van der Waals surface area contributed by atoms with Crippen LogP contribution in [0, 0.1) is 0 Å². The molecule has 0 saturated carbocycles. The third-order valence-corrected chi connectivity index (χ3v) is 5.59. The van der Waals surface area contributed by atoms with Gasteiger partial charge in [-0.3, -0.25) is 14.2 Å².